The number of fused-ring (bicyclic) bond motifs is 1. The number of nitrogens with one attached hydrogen (secondary N) is 1. The smallest absolute Gasteiger partial charge is 0.221 e. The lowest BCUT2D eigenvalue weighted by molar-refractivity contribution is -0.122. The van der Waals surface area contributed by atoms with E-state index in [-0.39, 0.29) is 11.9 Å². The first kappa shape index (κ1) is 16.3. The fraction of sp³-hybridized carbons (Fsp3) is 0.632. The molecule has 0 aromatic heterocycles. The summed E-state index contributed by atoms with van der Waals surface area (Å²) in [5.74, 6) is 1.09. The fourth-order valence-electron chi connectivity index (χ4n) is 3.70. The molecular formula is C19H28N2O2. The van der Waals surface area contributed by atoms with Gasteiger partial charge in [0.05, 0.1) is 6.04 Å². The Bertz CT molecular complexity index is 526. The molecule has 126 valence electrons. The van der Waals surface area contributed by atoms with Gasteiger partial charge in [0.15, 0.2) is 0 Å². The molecule has 1 N–H and O–H groups in total. The average Bonchev–Trinajstić information content (AvgIpc) is 2.60. The van der Waals surface area contributed by atoms with Crippen LogP contribution in [0, 0.1) is 0 Å². The van der Waals surface area contributed by atoms with Crippen molar-refractivity contribution in [1.29, 1.82) is 0 Å². The fourth-order valence-corrected chi connectivity index (χ4v) is 3.70. The van der Waals surface area contributed by atoms with Gasteiger partial charge in [0, 0.05) is 19.0 Å². The Morgan fingerprint density at radius 3 is 2.87 bits per heavy atom. The highest BCUT2D eigenvalue weighted by atomic mass is 16.5. The Morgan fingerprint density at radius 2 is 2.04 bits per heavy atom. The molecule has 2 aliphatic rings. The minimum absolute atomic E-state index is 0.0948. The molecule has 0 bridgehead atoms. The quantitative estimate of drug-likeness (QED) is 0.908. The highest BCUT2D eigenvalue weighted by Gasteiger charge is 2.22. The summed E-state index contributed by atoms with van der Waals surface area (Å²) in [6, 6.07) is 8.83. The van der Waals surface area contributed by atoms with Crippen LogP contribution in [0.1, 0.15) is 44.1 Å². The molecule has 1 unspecified atom stereocenters. The van der Waals surface area contributed by atoms with E-state index >= 15 is 0 Å². The number of rotatable bonds is 5. The standard InChI is InChI=1S/C19H28N2O2/c1-21(17-8-3-2-4-9-17)12-11-19(22)20-16-13-15-7-5-6-10-18(15)23-14-16/h5-7,10,16-17H,2-4,8-9,11-14H2,1H3,(H,20,22). The first-order valence-electron chi connectivity index (χ1n) is 8.92. The summed E-state index contributed by atoms with van der Waals surface area (Å²) >= 11 is 0. The number of benzene rings is 1. The van der Waals surface area contributed by atoms with Crippen LogP contribution in [0.25, 0.3) is 0 Å². The molecule has 1 aromatic carbocycles. The number of carbonyl (C=O) groups is 1. The number of ether oxygens (including phenoxy) is 1. The Hall–Kier alpha value is -1.55. The van der Waals surface area contributed by atoms with Crippen molar-refractivity contribution in [3.8, 4) is 5.75 Å². The SMILES string of the molecule is CN(CCC(=O)NC1COc2ccccc2C1)C1CCCCC1. The van der Waals surface area contributed by atoms with Gasteiger partial charge >= 0.3 is 0 Å². The average molecular weight is 316 g/mol. The van der Waals surface area contributed by atoms with E-state index in [4.69, 9.17) is 4.74 Å². The van der Waals surface area contributed by atoms with Gasteiger partial charge in [-0.2, -0.15) is 0 Å². The molecule has 1 aliphatic heterocycles. The van der Waals surface area contributed by atoms with E-state index in [0.717, 1.165) is 18.7 Å². The predicted molar refractivity (Wildman–Crippen MR) is 91.7 cm³/mol. The van der Waals surface area contributed by atoms with Crippen LogP contribution in [0.15, 0.2) is 24.3 Å². The van der Waals surface area contributed by atoms with Gasteiger partial charge in [-0.05, 0) is 37.9 Å². The summed E-state index contributed by atoms with van der Waals surface area (Å²) < 4.78 is 5.73. The highest BCUT2D eigenvalue weighted by molar-refractivity contribution is 5.76. The normalized spacial score (nSPS) is 21.6. The van der Waals surface area contributed by atoms with Crippen LogP contribution >= 0.6 is 0 Å². The number of nitrogens with zero attached hydrogens (tertiary/aromatic N) is 1. The van der Waals surface area contributed by atoms with Crippen molar-refractivity contribution in [3.05, 3.63) is 29.8 Å². The molecule has 1 aliphatic carbocycles. The van der Waals surface area contributed by atoms with E-state index in [0.29, 0.717) is 19.1 Å². The van der Waals surface area contributed by atoms with E-state index < -0.39 is 0 Å². The van der Waals surface area contributed by atoms with E-state index in [1.807, 2.05) is 18.2 Å². The summed E-state index contributed by atoms with van der Waals surface area (Å²) in [4.78, 5) is 14.6. The zero-order chi connectivity index (χ0) is 16.1. The molecule has 0 spiro atoms. The molecule has 0 saturated heterocycles. The Labute approximate surface area is 139 Å². The van der Waals surface area contributed by atoms with E-state index in [1.165, 1.54) is 37.7 Å². The van der Waals surface area contributed by atoms with Crippen molar-refractivity contribution < 1.29 is 9.53 Å². The zero-order valence-electron chi connectivity index (χ0n) is 14.1. The van der Waals surface area contributed by atoms with Gasteiger partial charge in [-0.25, -0.2) is 0 Å². The summed E-state index contributed by atoms with van der Waals surface area (Å²) in [5.41, 5.74) is 1.18. The van der Waals surface area contributed by atoms with Crippen molar-refractivity contribution in [2.24, 2.45) is 0 Å². The van der Waals surface area contributed by atoms with Crippen molar-refractivity contribution in [3.63, 3.8) is 0 Å². The number of hydrogen-bond acceptors (Lipinski definition) is 3. The summed E-state index contributed by atoms with van der Waals surface area (Å²) in [5, 5.41) is 3.13. The highest BCUT2D eigenvalue weighted by Crippen LogP contribution is 2.24. The molecule has 1 saturated carbocycles. The molecule has 1 fully saturated rings. The number of amides is 1. The summed E-state index contributed by atoms with van der Waals surface area (Å²) in [6.45, 7) is 1.42. The van der Waals surface area contributed by atoms with Crippen LogP contribution in [0.3, 0.4) is 0 Å². The maximum absolute atomic E-state index is 12.2. The van der Waals surface area contributed by atoms with Crippen molar-refractivity contribution in [2.45, 2.75) is 57.0 Å². The summed E-state index contributed by atoms with van der Waals surface area (Å²) in [7, 11) is 2.16. The largest absolute Gasteiger partial charge is 0.491 e. The predicted octanol–water partition coefficient (Wildman–Crippen LogP) is 2.76. The van der Waals surface area contributed by atoms with E-state index in [9.17, 15) is 4.79 Å². The van der Waals surface area contributed by atoms with Crippen LogP contribution in [0.2, 0.25) is 0 Å². The molecule has 3 rings (SSSR count). The number of hydrogen-bond donors (Lipinski definition) is 1. The topological polar surface area (TPSA) is 41.6 Å². The Balaban J connectivity index is 1.41. The lowest BCUT2D eigenvalue weighted by atomic mass is 9.94. The van der Waals surface area contributed by atoms with Gasteiger partial charge < -0.3 is 15.0 Å². The third-order valence-corrected chi connectivity index (χ3v) is 5.13. The first-order valence-corrected chi connectivity index (χ1v) is 8.92. The third kappa shape index (κ3) is 4.47. The van der Waals surface area contributed by atoms with Crippen LogP contribution in [-0.4, -0.2) is 43.1 Å². The minimum Gasteiger partial charge on any atom is -0.491 e. The first-order chi connectivity index (χ1) is 11.2. The van der Waals surface area contributed by atoms with Gasteiger partial charge in [-0.1, -0.05) is 37.5 Å². The molecule has 4 heteroatoms. The van der Waals surface area contributed by atoms with Crippen molar-refractivity contribution >= 4 is 5.91 Å². The second-order valence-electron chi connectivity index (χ2n) is 6.91. The van der Waals surface area contributed by atoms with Gasteiger partial charge in [0.2, 0.25) is 5.91 Å². The molecular weight excluding hydrogens is 288 g/mol. The van der Waals surface area contributed by atoms with Gasteiger partial charge in [0.1, 0.15) is 12.4 Å². The molecule has 1 aromatic rings. The maximum Gasteiger partial charge on any atom is 0.221 e. The Morgan fingerprint density at radius 1 is 1.26 bits per heavy atom. The molecule has 4 nitrogen and oxygen atoms in total. The van der Waals surface area contributed by atoms with Gasteiger partial charge in [0.25, 0.3) is 0 Å². The second kappa shape index (κ2) is 7.82. The zero-order valence-corrected chi connectivity index (χ0v) is 14.1. The number of para-hydroxylation sites is 1. The van der Waals surface area contributed by atoms with Crippen LogP contribution in [-0.2, 0) is 11.2 Å². The molecule has 1 amide bonds. The number of carbonyl (C=O) groups excluding carboxylic acids is 1. The van der Waals surface area contributed by atoms with Crippen molar-refractivity contribution in [2.75, 3.05) is 20.2 Å². The third-order valence-electron chi connectivity index (χ3n) is 5.13. The van der Waals surface area contributed by atoms with Gasteiger partial charge in [-0.3, -0.25) is 4.79 Å². The Kier molecular flexibility index (Phi) is 5.55. The maximum atomic E-state index is 12.2. The van der Waals surface area contributed by atoms with E-state index in [1.54, 1.807) is 0 Å². The molecule has 23 heavy (non-hydrogen) atoms. The van der Waals surface area contributed by atoms with E-state index in [2.05, 4.69) is 23.3 Å². The lowest BCUT2D eigenvalue weighted by Crippen LogP contribution is -2.44. The molecule has 1 heterocycles. The monoisotopic (exact) mass is 316 g/mol. The second-order valence-corrected chi connectivity index (χ2v) is 6.91. The van der Waals surface area contributed by atoms with Crippen molar-refractivity contribution in [1.82, 2.24) is 10.2 Å². The summed E-state index contributed by atoms with van der Waals surface area (Å²) in [6.07, 6.45) is 8.04. The van der Waals surface area contributed by atoms with Crippen LogP contribution < -0.4 is 10.1 Å². The van der Waals surface area contributed by atoms with Crippen LogP contribution in [0.5, 0.6) is 5.75 Å². The molecule has 0 radical (unpaired) electrons. The van der Waals surface area contributed by atoms with Gasteiger partial charge in [-0.15, -0.1) is 0 Å². The minimum atomic E-state index is 0.0948. The molecule has 1 atom stereocenters. The van der Waals surface area contributed by atoms with Crippen LogP contribution in [0.4, 0.5) is 0 Å². The lowest BCUT2D eigenvalue weighted by Gasteiger charge is -2.31.